The van der Waals surface area contributed by atoms with Crippen LogP contribution in [0.15, 0.2) is 18.2 Å². The van der Waals surface area contributed by atoms with Crippen molar-refractivity contribution in [1.29, 1.82) is 0 Å². The number of amides is 1. The molecule has 1 atom stereocenters. The standard InChI is InChI=1S/C12H16ClNO3/c1-2-8(13)5-6-14-12(17)10-4-3-9(15)7-11(10)16/h3-4,7-8,15-16H,2,5-6H2,1H3,(H,14,17). The number of halogens is 1. The average Bonchev–Trinajstić information content (AvgIpc) is 2.28. The highest BCUT2D eigenvalue weighted by atomic mass is 35.5. The van der Waals surface area contributed by atoms with Crippen LogP contribution in [0.4, 0.5) is 0 Å². The average molecular weight is 258 g/mol. The van der Waals surface area contributed by atoms with Crippen molar-refractivity contribution in [2.45, 2.75) is 25.1 Å². The van der Waals surface area contributed by atoms with Crippen molar-refractivity contribution in [2.75, 3.05) is 6.54 Å². The van der Waals surface area contributed by atoms with Crippen LogP contribution in [0.2, 0.25) is 0 Å². The summed E-state index contributed by atoms with van der Waals surface area (Å²) >= 11 is 5.91. The second-order valence-corrected chi connectivity index (χ2v) is 4.37. The van der Waals surface area contributed by atoms with Gasteiger partial charge in [-0.05, 0) is 25.0 Å². The molecule has 1 rings (SSSR count). The maximum Gasteiger partial charge on any atom is 0.255 e. The first kappa shape index (κ1) is 13.6. The Balaban J connectivity index is 2.52. The molecular formula is C12H16ClNO3. The lowest BCUT2D eigenvalue weighted by molar-refractivity contribution is 0.0950. The van der Waals surface area contributed by atoms with Crippen molar-refractivity contribution in [3.63, 3.8) is 0 Å². The van der Waals surface area contributed by atoms with Gasteiger partial charge < -0.3 is 15.5 Å². The summed E-state index contributed by atoms with van der Waals surface area (Å²) in [6, 6.07) is 3.86. The van der Waals surface area contributed by atoms with Gasteiger partial charge in [0.2, 0.25) is 0 Å². The Morgan fingerprint density at radius 2 is 2.18 bits per heavy atom. The first-order chi connectivity index (χ1) is 8.04. The van der Waals surface area contributed by atoms with Crippen molar-refractivity contribution < 1.29 is 15.0 Å². The van der Waals surface area contributed by atoms with Crippen LogP contribution >= 0.6 is 11.6 Å². The highest BCUT2D eigenvalue weighted by molar-refractivity contribution is 6.20. The Hall–Kier alpha value is -1.42. The molecule has 1 amide bonds. The Morgan fingerprint density at radius 3 is 2.76 bits per heavy atom. The topological polar surface area (TPSA) is 69.6 Å². The van der Waals surface area contributed by atoms with Crippen molar-refractivity contribution in [2.24, 2.45) is 0 Å². The minimum atomic E-state index is -0.373. The summed E-state index contributed by atoms with van der Waals surface area (Å²) in [5.74, 6) is -0.686. The third kappa shape index (κ3) is 4.15. The number of benzene rings is 1. The molecule has 3 N–H and O–H groups in total. The van der Waals surface area contributed by atoms with Gasteiger partial charge in [0, 0.05) is 18.0 Å². The number of hydrogen-bond donors (Lipinski definition) is 3. The molecule has 0 saturated carbocycles. The molecule has 0 spiro atoms. The Kier molecular flexibility index (Phi) is 5.10. The third-order valence-corrected chi connectivity index (χ3v) is 2.94. The van der Waals surface area contributed by atoms with Crippen LogP contribution in [-0.4, -0.2) is 28.0 Å². The quantitative estimate of drug-likeness (QED) is 0.709. The van der Waals surface area contributed by atoms with E-state index < -0.39 is 0 Å². The Bertz CT molecular complexity index is 395. The van der Waals surface area contributed by atoms with Gasteiger partial charge in [0.15, 0.2) is 0 Å². The molecule has 94 valence electrons. The van der Waals surface area contributed by atoms with Crippen LogP contribution in [0.25, 0.3) is 0 Å². The molecular weight excluding hydrogens is 242 g/mol. The van der Waals surface area contributed by atoms with E-state index in [1.807, 2.05) is 6.92 Å². The Labute approximate surface area is 105 Å². The zero-order valence-electron chi connectivity index (χ0n) is 9.61. The second kappa shape index (κ2) is 6.35. The molecule has 17 heavy (non-hydrogen) atoms. The normalized spacial score (nSPS) is 12.1. The van der Waals surface area contributed by atoms with Gasteiger partial charge in [-0.2, -0.15) is 0 Å². The minimum absolute atomic E-state index is 0.0451. The van der Waals surface area contributed by atoms with Crippen LogP contribution in [0, 0.1) is 0 Å². The van der Waals surface area contributed by atoms with E-state index >= 15 is 0 Å². The van der Waals surface area contributed by atoms with E-state index in [1.54, 1.807) is 0 Å². The van der Waals surface area contributed by atoms with Crippen molar-refractivity contribution in [3.8, 4) is 11.5 Å². The molecule has 0 radical (unpaired) electrons. The minimum Gasteiger partial charge on any atom is -0.508 e. The summed E-state index contributed by atoms with van der Waals surface area (Å²) in [5.41, 5.74) is 0.144. The third-order valence-electron chi connectivity index (χ3n) is 2.41. The van der Waals surface area contributed by atoms with Gasteiger partial charge in [-0.3, -0.25) is 4.79 Å². The first-order valence-electron chi connectivity index (χ1n) is 5.48. The molecule has 1 aromatic carbocycles. The van der Waals surface area contributed by atoms with Gasteiger partial charge in [0.05, 0.1) is 5.56 Å². The molecule has 0 heterocycles. The van der Waals surface area contributed by atoms with Gasteiger partial charge in [-0.15, -0.1) is 11.6 Å². The largest absolute Gasteiger partial charge is 0.508 e. The SMILES string of the molecule is CCC(Cl)CCNC(=O)c1ccc(O)cc1O. The molecule has 0 aliphatic heterocycles. The summed E-state index contributed by atoms with van der Waals surface area (Å²) in [5, 5.41) is 21.3. The molecule has 0 bridgehead atoms. The number of hydrogen-bond acceptors (Lipinski definition) is 3. The van der Waals surface area contributed by atoms with E-state index in [0.717, 1.165) is 12.5 Å². The molecule has 1 unspecified atom stereocenters. The van der Waals surface area contributed by atoms with E-state index in [0.29, 0.717) is 13.0 Å². The number of nitrogens with one attached hydrogen (secondary N) is 1. The molecule has 0 aliphatic rings. The number of alkyl halides is 1. The van der Waals surface area contributed by atoms with E-state index in [4.69, 9.17) is 16.7 Å². The highest BCUT2D eigenvalue weighted by Gasteiger charge is 2.11. The van der Waals surface area contributed by atoms with E-state index in [-0.39, 0.29) is 28.3 Å². The number of carbonyl (C=O) groups is 1. The van der Waals surface area contributed by atoms with Crippen LogP contribution in [0.3, 0.4) is 0 Å². The molecule has 5 heteroatoms. The van der Waals surface area contributed by atoms with Crippen molar-refractivity contribution >= 4 is 17.5 Å². The van der Waals surface area contributed by atoms with Crippen LogP contribution in [0.5, 0.6) is 11.5 Å². The van der Waals surface area contributed by atoms with Gasteiger partial charge in [-0.1, -0.05) is 6.92 Å². The predicted molar refractivity (Wildman–Crippen MR) is 66.7 cm³/mol. The van der Waals surface area contributed by atoms with Gasteiger partial charge in [-0.25, -0.2) is 0 Å². The van der Waals surface area contributed by atoms with Gasteiger partial charge in [0.1, 0.15) is 11.5 Å². The number of rotatable bonds is 5. The summed E-state index contributed by atoms with van der Waals surface area (Å²) in [7, 11) is 0. The lowest BCUT2D eigenvalue weighted by atomic mass is 10.1. The summed E-state index contributed by atoms with van der Waals surface area (Å²) in [6.45, 7) is 2.44. The second-order valence-electron chi connectivity index (χ2n) is 3.75. The van der Waals surface area contributed by atoms with Crippen molar-refractivity contribution in [3.05, 3.63) is 23.8 Å². The maximum atomic E-state index is 11.7. The molecule has 0 aromatic heterocycles. The number of aromatic hydroxyl groups is 2. The first-order valence-corrected chi connectivity index (χ1v) is 5.92. The monoisotopic (exact) mass is 257 g/mol. The lowest BCUT2D eigenvalue weighted by Crippen LogP contribution is -2.26. The van der Waals surface area contributed by atoms with Crippen LogP contribution < -0.4 is 5.32 Å². The lowest BCUT2D eigenvalue weighted by Gasteiger charge is -2.09. The molecule has 0 fully saturated rings. The van der Waals surface area contributed by atoms with E-state index in [2.05, 4.69) is 5.32 Å². The van der Waals surface area contributed by atoms with Crippen LogP contribution in [0.1, 0.15) is 30.1 Å². The van der Waals surface area contributed by atoms with Gasteiger partial charge in [0.25, 0.3) is 5.91 Å². The zero-order chi connectivity index (χ0) is 12.8. The van der Waals surface area contributed by atoms with Crippen LogP contribution in [-0.2, 0) is 0 Å². The zero-order valence-corrected chi connectivity index (χ0v) is 10.4. The molecule has 4 nitrogen and oxygen atoms in total. The molecule has 0 aliphatic carbocycles. The van der Waals surface area contributed by atoms with E-state index in [9.17, 15) is 9.90 Å². The fraction of sp³-hybridized carbons (Fsp3) is 0.417. The fourth-order valence-corrected chi connectivity index (χ4v) is 1.46. The predicted octanol–water partition coefficient (Wildman–Crippen LogP) is 2.24. The number of carbonyl (C=O) groups excluding carboxylic acids is 1. The highest BCUT2D eigenvalue weighted by Crippen LogP contribution is 2.22. The molecule has 1 aromatic rings. The van der Waals surface area contributed by atoms with Gasteiger partial charge >= 0.3 is 0 Å². The number of phenols is 2. The smallest absolute Gasteiger partial charge is 0.255 e. The summed E-state index contributed by atoms with van der Waals surface area (Å²) in [6.07, 6.45) is 1.53. The summed E-state index contributed by atoms with van der Waals surface area (Å²) < 4.78 is 0. The van der Waals surface area contributed by atoms with Crippen molar-refractivity contribution in [1.82, 2.24) is 5.32 Å². The Morgan fingerprint density at radius 1 is 1.47 bits per heavy atom. The maximum absolute atomic E-state index is 11.7. The summed E-state index contributed by atoms with van der Waals surface area (Å²) in [4.78, 5) is 11.7. The molecule has 0 saturated heterocycles. The van der Waals surface area contributed by atoms with E-state index in [1.165, 1.54) is 12.1 Å². The number of phenolic OH excluding ortho intramolecular Hbond substituents is 2. The fourth-order valence-electron chi connectivity index (χ4n) is 1.35.